The molecule has 0 aromatic carbocycles. The molecule has 14 nitrogen and oxygen atoms in total. The molecule has 5 aromatic heterocycles. The quantitative estimate of drug-likeness (QED) is 0.0607. The van der Waals surface area contributed by atoms with Gasteiger partial charge in [0.1, 0.15) is 85.2 Å². The van der Waals surface area contributed by atoms with Gasteiger partial charge in [0, 0.05) is 0 Å². The highest BCUT2D eigenvalue weighted by molar-refractivity contribution is 5.90. The van der Waals surface area contributed by atoms with Gasteiger partial charge in [0.05, 0.1) is 44.1 Å². The highest BCUT2D eigenvalue weighted by Gasteiger charge is 2.20. The van der Waals surface area contributed by atoms with E-state index in [-0.39, 0.29) is 39.6 Å². The van der Waals surface area contributed by atoms with Crippen LogP contribution in [0.25, 0.3) is 92.7 Å². The Labute approximate surface area is 403 Å². The van der Waals surface area contributed by atoms with Crippen molar-refractivity contribution in [2.45, 2.75) is 0 Å². The first-order valence-electron chi connectivity index (χ1n) is 22.4. The Kier molecular flexibility index (Phi) is 13.8. The number of hydrogen-bond acceptors (Lipinski definition) is 10. The second-order valence-corrected chi connectivity index (χ2v) is 15.6. The molecule has 4 aliphatic rings. The topological polar surface area (TPSA) is 170 Å². The Morgan fingerprint density at radius 1 is 0.271 bits per heavy atom. The van der Waals surface area contributed by atoms with E-state index in [4.69, 9.17) is 48.4 Å². The largest absolute Gasteiger partial charge is 0.485 e. The maximum atomic E-state index is 6.30. The van der Waals surface area contributed by atoms with Crippen molar-refractivity contribution in [3.8, 4) is 34.5 Å². The molecule has 0 saturated heterocycles. The van der Waals surface area contributed by atoms with Gasteiger partial charge < -0.3 is 48.4 Å². The number of nitrogens with one attached hydrogen (secondary N) is 4. The van der Waals surface area contributed by atoms with E-state index in [1.54, 1.807) is 36.5 Å². The normalized spacial score (nSPS) is 11.9. The molecule has 5 aromatic rings. The molecule has 0 atom stereocenters. The lowest BCUT2D eigenvalue weighted by Crippen LogP contribution is -1.99. The zero-order valence-electron chi connectivity index (χ0n) is 38.4. The third-order valence-corrected chi connectivity index (χ3v) is 10.8. The van der Waals surface area contributed by atoms with Gasteiger partial charge in [-0.2, -0.15) is 0 Å². The molecule has 0 radical (unpaired) electrons. The van der Waals surface area contributed by atoms with E-state index in [0.717, 1.165) is 22.1 Å². The van der Waals surface area contributed by atoms with E-state index in [1.165, 1.54) is 0 Å². The monoisotopic (exact) mass is 930 g/mol. The third kappa shape index (κ3) is 9.60. The Hall–Kier alpha value is -9.30. The van der Waals surface area contributed by atoms with Gasteiger partial charge in [-0.15, -0.1) is 0 Å². The fourth-order valence-corrected chi connectivity index (χ4v) is 7.77. The first-order chi connectivity index (χ1) is 34.4. The van der Waals surface area contributed by atoms with Crippen LogP contribution in [0, 0.1) is 0 Å². The van der Waals surface area contributed by atoms with Crippen LogP contribution in [0.1, 0.15) is 45.6 Å². The number of aromatic nitrogens is 8. The first kappa shape index (κ1) is 45.8. The highest BCUT2D eigenvalue weighted by Crippen LogP contribution is 2.37. The molecule has 4 aliphatic heterocycles. The molecule has 4 N–H and O–H groups in total. The van der Waals surface area contributed by atoms with Crippen LogP contribution in [0.4, 0.5) is 0 Å². The third-order valence-electron chi connectivity index (χ3n) is 10.8. The van der Waals surface area contributed by atoms with E-state index in [1.807, 2.05) is 97.1 Å². The van der Waals surface area contributed by atoms with Crippen LogP contribution in [0.5, 0.6) is 34.5 Å². The molecule has 0 aliphatic carbocycles. The second kappa shape index (κ2) is 21.1. The van der Waals surface area contributed by atoms with Gasteiger partial charge in [-0.25, -0.2) is 19.9 Å². The minimum atomic E-state index is 0.217. The Bertz CT molecular complexity index is 3040. The van der Waals surface area contributed by atoms with Crippen molar-refractivity contribution in [3.05, 3.63) is 170 Å². The molecule has 70 heavy (non-hydrogen) atoms. The zero-order valence-corrected chi connectivity index (χ0v) is 38.4. The van der Waals surface area contributed by atoms with Gasteiger partial charge in [0.25, 0.3) is 0 Å². The van der Waals surface area contributed by atoms with Crippen LogP contribution in [0.15, 0.2) is 124 Å². The summed E-state index contributed by atoms with van der Waals surface area (Å²) in [6, 6.07) is 15.6. The Balaban J connectivity index is 1.35. The molecule has 14 heteroatoms. The average molecular weight is 931 g/mol. The summed E-state index contributed by atoms with van der Waals surface area (Å²) in [5.74, 6) is 2.96. The minimum absolute atomic E-state index is 0.217. The lowest BCUT2D eigenvalue weighted by molar-refractivity contribution is 0.357. The Morgan fingerprint density at radius 3 is 0.643 bits per heavy atom. The summed E-state index contributed by atoms with van der Waals surface area (Å²) in [4.78, 5) is 34.2. The predicted molar refractivity (Wildman–Crippen MR) is 283 cm³/mol. The van der Waals surface area contributed by atoms with Gasteiger partial charge in [0.2, 0.25) is 0 Å². The molecule has 0 unspecified atom stereocenters. The van der Waals surface area contributed by atoms with Crippen molar-refractivity contribution in [1.82, 2.24) is 39.9 Å². The zero-order chi connectivity index (χ0) is 48.4. The maximum Gasteiger partial charge on any atom is 0.170 e. The standard InChI is InChI=1S/C56H50N8O6/c1-7-29-65-51-39-17-13-35(57-39)36-14-18-40(58-36)52(66-30-8-2)45-23-27-49(63-45)56(70-34-12-6)50-28-24-46(64-50)54(68-32-10-4)42-20-16-38(60-42)37-15-19-41(59-37)53(67-31-9-3)44-22-26-48(62-44)55(69-33-11-5)47-25-21-43(51)61-47/h7-28,57-60H,1-6,29-34H2. The smallest absolute Gasteiger partial charge is 0.170 e. The lowest BCUT2D eigenvalue weighted by atomic mass is 10.3. The maximum absolute atomic E-state index is 6.30. The van der Waals surface area contributed by atoms with Crippen LogP contribution < -0.4 is 28.4 Å². The van der Waals surface area contributed by atoms with E-state index in [0.29, 0.717) is 102 Å². The summed E-state index contributed by atoms with van der Waals surface area (Å²) in [5, 5.41) is 0. The van der Waals surface area contributed by atoms with Crippen molar-refractivity contribution in [2.75, 3.05) is 39.6 Å². The fraction of sp³-hybridized carbons (Fsp3) is 0.107. The van der Waals surface area contributed by atoms with Gasteiger partial charge in [0.15, 0.2) is 34.5 Å². The molecule has 9 heterocycles. The van der Waals surface area contributed by atoms with Crippen molar-refractivity contribution in [3.63, 3.8) is 0 Å². The molecule has 0 saturated carbocycles. The summed E-state index contributed by atoms with van der Waals surface area (Å²) in [6.45, 7) is 24.7. The lowest BCUT2D eigenvalue weighted by Gasteiger charge is -2.06. The minimum Gasteiger partial charge on any atom is -0.485 e. The Morgan fingerprint density at radius 2 is 0.443 bits per heavy atom. The van der Waals surface area contributed by atoms with Gasteiger partial charge in [-0.3, -0.25) is 0 Å². The molecule has 0 spiro atoms. The fourth-order valence-electron chi connectivity index (χ4n) is 7.77. The first-order valence-corrected chi connectivity index (χ1v) is 22.4. The van der Waals surface area contributed by atoms with Crippen molar-refractivity contribution < 1.29 is 28.4 Å². The van der Waals surface area contributed by atoms with Crippen LogP contribution in [0.3, 0.4) is 0 Å². The average Bonchev–Trinajstić information content (AvgIpc) is 4.22. The summed E-state index contributed by atoms with van der Waals surface area (Å²) >= 11 is 0. The molecule has 16 bridgehead atoms. The van der Waals surface area contributed by atoms with Gasteiger partial charge in [-0.05, 0) is 97.1 Å². The van der Waals surface area contributed by atoms with Crippen molar-refractivity contribution in [2.24, 2.45) is 0 Å². The SMILES string of the molecule is C=CCOc1c2nc(c(OCC=C)c3ccc([nH]3)c3ccc([nH]3)c(OCC=C)c3nc(c(OCC=C)c4nc(c(OCC=C)c5ccc([nH]5)c5ccc([nH]5)c(OCC=C)c5nc1C=C5)C=C4)C=C3)C=C2. The summed E-state index contributed by atoms with van der Waals surface area (Å²) in [6.07, 6.45) is 25.1. The number of rotatable bonds is 18. The van der Waals surface area contributed by atoms with Crippen LogP contribution in [-0.2, 0) is 0 Å². The van der Waals surface area contributed by atoms with Crippen LogP contribution >= 0.6 is 0 Å². The molecule has 0 fully saturated rings. The van der Waals surface area contributed by atoms with Gasteiger partial charge in [-0.1, -0.05) is 75.9 Å². The molecule has 350 valence electrons. The number of fused-ring (bicyclic) bond motifs is 18. The number of aromatic amines is 4. The van der Waals surface area contributed by atoms with Gasteiger partial charge >= 0.3 is 0 Å². The summed E-state index contributed by atoms with van der Waals surface area (Å²) in [5.41, 5.74) is 10.4. The number of hydrogen-bond donors (Lipinski definition) is 4. The number of ether oxygens (including phenoxy) is 6. The van der Waals surface area contributed by atoms with Crippen LogP contribution in [0.2, 0.25) is 0 Å². The summed E-state index contributed by atoms with van der Waals surface area (Å²) < 4.78 is 37.8. The van der Waals surface area contributed by atoms with E-state index >= 15 is 0 Å². The number of nitrogens with zero attached hydrogens (tertiary/aromatic N) is 4. The highest BCUT2D eigenvalue weighted by atomic mass is 16.5. The molecular weight excluding hydrogens is 881 g/mol. The van der Waals surface area contributed by atoms with E-state index < -0.39 is 0 Å². The predicted octanol–water partition coefficient (Wildman–Crippen LogP) is 12.1. The van der Waals surface area contributed by atoms with Crippen LogP contribution in [-0.4, -0.2) is 79.5 Å². The second-order valence-electron chi connectivity index (χ2n) is 15.6. The molecule has 0 amide bonds. The molecular formula is C56H50N8O6. The van der Waals surface area contributed by atoms with Crippen molar-refractivity contribution in [1.29, 1.82) is 0 Å². The van der Waals surface area contributed by atoms with E-state index in [9.17, 15) is 0 Å². The summed E-state index contributed by atoms with van der Waals surface area (Å²) in [7, 11) is 0. The molecule has 9 rings (SSSR count). The van der Waals surface area contributed by atoms with Crippen molar-refractivity contribution >= 4 is 92.7 Å². The van der Waals surface area contributed by atoms with E-state index in [2.05, 4.69) is 59.4 Å². The number of H-pyrrole nitrogens is 4.